The number of amides is 1. The molecule has 4 nitrogen and oxygen atoms in total. The Bertz CT molecular complexity index is 797. The van der Waals surface area contributed by atoms with Gasteiger partial charge >= 0.3 is 0 Å². The van der Waals surface area contributed by atoms with Gasteiger partial charge in [0.25, 0.3) is 0 Å². The number of ether oxygens (including phenoxy) is 1. The van der Waals surface area contributed by atoms with Gasteiger partial charge in [0, 0.05) is 26.2 Å². The number of nitrogens with one attached hydrogen (secondary N) is 1. The predicted molar refractivity (Wildman–Crippen MR) is 107 cm³/mol. The van der Waals surface area contributed by atoms with Gasteiger partial charge in [0.05, 0.1) is 19.6 Å². The number of fused-ring (bicyclic) bond motifs is 1. The van der Waals surface area contributed by atoms with E-state index in [9.17, 15) is 4.79 Å². The molecule has 1 aliphatic carbocycles. The number of carbonyl (C=O) groups excluding carboxylic acids is 1. The average Bonchev–Trinajstić information content (AvgIpc) is 3.16. The highest BCUT2D eigenvalue weighted by Gasteiger charge is 2.14. The molecule has 0 radical (unpaired) electrons. The van der Waals surface area contributed by atoms with Crippen LogP contribution in [0.3, 0.4) is 0 Å². The summed E-state index contributed by atoms with van der Waals surface area (Å²) in [6, 6.07) is 14.9. The van der Waals surface area contributed by atoms with E-state index in [0.717, 1.165) is 44.8 Å². The lowest BCUT2D eigenvalue weighted by Gasteiger charge is -2.27. The van der Waals surface area contributed by atoms with E-state index in [1.54, 1.807) is 0 Å². The second kappa shape index (κ2) is 8.68. The van der Waals surface area contributed by atoms with Crippen LogP contribution in [-0.2, 0) is 41.9 Å². The van der Waals surface area contributed by atoms with Gasteiger partial charge in [0.15, 0.2) is 0 Å². The maximum Gasteiger partial charge on any atom is 0.224 e. The molecular weight excluding hydrogens is 336 g/mol. The summed E-state index contributed by atoms with van der Waals surface area (Å²) >= 11 is 0. The lowest BCUT2D eigenvalue weighted by molar-refractivity contribution is -0.120. The van der Waals surface area contributed by atoms with Crippen LogP contribution in [0.1, 0.15) is 34.2 Å². The second-order valence-electron chi connectivity index (χ2n) is 7.57. The molecule has 0 saturated carbocycles. The van der Waals surface area contributed by atoms with Crippen LogP contribution in [0, 0.1) is 0 Å². The van der Waals surface area contributed by atoms with Crippen LogP contribution in [0.15, 0.2) is 42.5 Å². The molecule has 2 aromatic carbocycles. The maximum absolute atomic E-state index is 12.4. The van der Waals surface area contributed by atoms with Gasteiger partial charge in [-0.3, -0.25) is 9.69 Å². The number of hydrogen-bond acceptors (Lipinski definition) is 3. The van der Waals surface area contributed by atoms with E-state index in [4.69, 9.17) is 4.74 Å². The van der Waals surface area contributed by atoms with Crippen molar-refractivity contribution in [3.05, 3.63) is 70.3 Å². The molecule has 4 rings (SSSR count). The third kappa shape index (κ3) is 4.76. The smallest absolute Gasteiger partial charge is 0.224 e. The minimum Gasteiger partial charge on any atom is -0.379 e. The zero-order valence-corrected chi connectivity index (χ0v) is 15.9. The van der Waals surface area contributed by atoms with Crippen LogP contribution in [0.5, 0.6) is 0 Å². The van der Waals surface area contributed by atoms with Gasteiger partial charge < -0.3 is 10.1 Å². The molecular formula is C23H28N2O2. The van der Waals surface area contributed by atoms with Crippen molar-refractivity contribution in [2.75, 3.05) is 26.3 Å². The van der Waals surface area contributed by atoms with E-state index in [-0.39, 0.29) is 5.91 Å². The fourth-order valence-electron chi connectivity index (χ4n) is 4.06. The van der Waals surface area contributed by atoms with E-state index < -0.39 is 0 Å². The molecule has 1 saturated heterocycles. The van der Waals surface area contributed by atoms with Gasteiger partial charge in [-0.25, -0.2) is 0 Å². The van der Waals surface area contributed by atoms with Gasteiger partial charge in [-0.1, -0.05) is 42.5 Å². The highest BCUT2D eigenvalue weighted by Crippen LogP contribution is 2.23. The molecule has 0 unspecified atom stereocenters. The number of hydrogen-bond donors (Lipinski definition) is 1. The highest BCUT2D eigenvalue weighted by molar-refractivity contribution is 5.78. The van der Waals surface area contributed by atoms with Gasteiger partial charge in [0.1, 0.15) is 0 Å². The van der Waals surface area contributed by atoms with E-state index in [1.165, 1.54) is 35.1 Å². The van der Waals surface area contributed by atoms with E-state index in [2.05, 4.69) is 46.6 Å². The number of nitrogens with zero attached hydrogens (tertiary/aromatic N) is 1. The molecule has 1 heterocycles. The Morgan fingerprint density at radius 2 is 1.78 bits per heavy atom. The fourth-order valence-corrected chi connectivity index (χ4v) is 4.06. The van der Waals surface area contributed by atoms with Crippen molar-refractivity contribution in [1.82, 2.24) is 10.2 Å². The predicted octanol–water partition coefficient (Wildman–Crippen LogP) is 2.87. The molecule has 2 aromatic rings. The van der Waals surface area contributed by atoms with E-state index in [0.29, 0.717) is 13.0 Å². The Morgan fingerprint density at radius 3 is 2.63 bits per heavy atom. The summed E-state index contributed by atoms with van der Waals surface area (Å²) in [4.78, 5) is 14.9. The third-order valence-electron chi connectivity index (χ3n) is 5.62. The zero-order valence-electron chi connectivity index (χ0n) is 15.9. The largest absolute Gasteiger partial charge is 0.379 e. The van der Waals surface area contributed by atoms with Crippen molar-refractivity contribution in [3.63, 3.8) is 0 Å². The van der Waals surface area contributed by atoms with Crippen molar-refractivity contribution in [1.29, 1.82) is 0 Å². The summed E-state index contributed by atoms with van der Waals surface area (Å²) in [6.07, 6.45) is 4.03. The lowest BCUT2D eigenvalue weighted by atomic mass is 10.0. The van der Waals surface area contributed by atoms with Crippen molar-refractivity contribution in [3.8, 4) is 0 Å². The zero-order chi connectivity index (χ0) is 18.5. The van der Waals surface area contributed by atoms with Crippen molar-refractivity contribution >= 4 is 5.91 Å². The van der Waals surface area contributed by atoms with Crippen LogP contribution in [0.2, 0.25) is 0 Å². The molecule has 1 fully saturated rings. The number of aryl methyl sites for hydroxylation is 2. The molecule has 0 aromatic heterocycles. The van der Waals surface area contributed by atoms with Crippen LogP contribution in [-0.4, -0.2) is 37.1 Å². The molecule has 0 bridgehead atoms. The monoisotopic (exact) mass is 364 g/mol. The third-order valence-corrected chi connectivity index (χ3v) is 5.62. The lowest BCUT2D eigenvalue weighted by Crippen LogP contribution is -2.36. The molecule has 4 heteroatoms. The van der Waals surface area contributed by atoms with Gasteiger partial charge in [-0.05, 0) is 47.1 Å². The van der Waals surface area contributed by atoms with Crippen LogP contribution < -0.4 is 5.32 Å². The first-order valence-corrected chi connectivity index (χ1v) is 10.0. The van der Waals surface area contributed by atoms with E-state index in [1.807, 2.05) is 6.07 Å². The van der Waals surface area contributed by atoms with Crippen LogP contribution in [0.4, 0.5) is 0 Å². The Kier molecular flexibility index (Phi) is 5.85. The SMILES string of the molecule is O=C(Cc1ccc2c(c1)CCC2)NCc1ccccc1CN1CCOCC1. The molecule has 0 atom stereocenters. The van der Waals surface area contributed by atoms with Gasteiger partial charge in [0.2, 0.25) is 5.91 Å². The van der Waals surface area contributed by atoms with Crippen molar-refractivity contribution in [2.24, 2.45) is 0 Å². The number of carbonyl (C=O) groups is 1. The maximum atomic E-state index is 12.4. The normalized spacial score (nSPS) is 16.9. The summed E-state index contributed by atoms with van der Waals surface area (Å²) in [5.74, 6) is 0.0918. The summed E-state index contributed by atoms with van der Waals surface area (Å²) in [6.45, 7) is 5.06. The molecule has 1 amide bonds. The summed E-state index contributed by atoms with van der Waals surface area (Å²) in [7, 11) is 0. The van der Waals surface area contributed by atoms with Gasteiger partial charge in [-0.15, -0.1) is 0 Å². The Hall–Kier alpha value is -2.17. The first kappa shape index (κ1) is 18.2. The Morgan fingerprint density at radius 1 is 1.00 bits per heavy atom. The first-order valence-electron chi connectivity index (χ1n) is 10.0. The average molecular weight is 364 g/mol. The van der Waals surface area contributed by atoms with Crippen molar-refractivity contribution in [2.45, 2.75) is 38.8 Å². The Labute approximate surface area is 161 Å². The van der Waals surface area contributed by atoms with Gasteiger partial charge in [-0.2, -0.15) is 0 Å². The van der Waals surface area contributed by atoms with Crippen LogP contribution in [0.25, 0.3) is 0 Å². The molecule has 142 valence electrons. The molecule has 27 heavy (non-hydrogen) atoms. The quantitative estimate of drug-likeness (QED) is 0.857. The standard InChI is InChI=1S/C23H28N2O2/c26-23(15-18-8-9-19-6-3-7-20(19)14-18)24-16-21-4-1-2-5-22(21)17-25-10-12-27-13-11-25/h1-2,4-5,8-9,14H,3,6-7,10-13,15-17H2,(H,24,26). The molecule has 1 N–H and O–H groups in total. The van der Waals surface area contributed by atoms with Crippen molar-refractivity contribution < 1.29 is 9.53 Å². The molecule has 1 aliphatic heterocycles. The Balaban J connectivity index is 1.33. The molecule has 2 aliphatic rings. The fraction of sp³-hybridized carbons (Fsp3) is 0.435. The first-order chi connectivity index (χ1) is 13.3. The number of rotatable bonds is 6. The van der Waals surface area contributed by atoms with Crippen LogP contribution >= 0.6 is 0 Å². The topological polar surface area (TPSA) is 41.6 Å². The minimum absolute atomic E-state index is 0.0918. The minimum atomic E-state index is 0.0918. The summed E-state index contributed by atoms with van der Waals surface area (Å²) in [5, 5.41) is 3.11. The summed E-state index contributed by atoms with van der Waals surface area (Å²) in [5.41, 5.74) is 6.49. The van der Waals surface area contributed by atoms with E-state index >= 15 is 0 Å². The number of benzene rings is 2. The molecule has 0 spiro atoms. The second-order valence-corrected chi connectivity index (χ2v) is 7.57. The highest BCUT2D eigenvalue weighted by atomic mass is 16.5. The number of morpholine rings is 1. The summed E-state index contributed by atoms with van der Waals surface area (Å²) < 4.78 is 5.43.